The van der Waals surface area contributed by atoms with Gasteiger partial charge in [-0.2, -0.15) is 0 Å². The minimum Gasteiger partial charge on any atom is -0.486 e. The molecule has 0 radical (unpaired) electrons. The van der Waals surface area contributed by atoms with Crippen LogP contribution in [-0.2, 0) is 21.4 Å². The predicted molar refractivity (Wildman–Crippen MR) is 107 cm³/mol. The van der Waals surface area contributed by atoms with Crippen LogP contribution < -0.4 is 14.8 Å². The van der Waals surface area contributed by atoms with Crippen LogP contribution >= 0.6 is 0 Å². The van der Waals surface area contributed by atoms with E-state index in [4.69, 9.17) is 14.2 Å². The molecule has 2 aliphatic rings. The van der Waals surface area contributed by atoms with Gasteiger partial charge in [-0.1, -0.05) is 36.4 Å². The molecule has 5 nitrogen and oxygen atoms in total. The molecule has 2 aromatic carbocycles. The topological polar surface area (TPSA) is 56.8 Å². The summed E-state index contributed by atoms with van der Waals surface area (Å²) in [6.07, 6.45) is 3.00. The lowest BCUT2D eigenvalue weighted by Crippen LogP contribution is -2.44. The van der Waals surface area contributed by atoms with Crippen molar-refractivity contribution in [3.63, 3.8) is 0 Å². The van der Waals surface area contributed by atoms with Gasteiger partial charge in [-0.05, 0) is 42.5 Å². The van der Waals surface area contributed by atoms with Crippen molar-refractivity contribution in [1.82, 2.24) is 5.32 Å². The van der Waals surface area contributed by atoms with Gasteiger partial charge < -0.3 is 19.5 Å². The zero-order valence-electron chi connectivity index (χ0n) is 16.1. The van der Waals surface area contributed by atoms with Crippen LogP contribution in [0.2, 0.25) is 0 Å². The van der Waals surface area contributed by atoms with E-state index in [1.807, 2.05) is 24.3 Å². The maximum absolute atomic E-state index is 12.5. The summed E-state index contributed by atoms with van der Waals surface area (Å²) in [4.78, 5) is 12.5. The van der Waals surface area contributed by atoms with E-state index in [1.165, 1.54) is 5.56 Å². The molecule has 2 aromatic rings. The number of benzene rings is 2. The average molecular weight is 381 g/mol. The number of nitrogens with one attached hydrogen (secondary N) is 1. The first-order valence-electron chi connectivity index (χ1n) is 10.0. The van der Waals surface area contributed by atoms with Crippen molar-refractivity contribution in [2.75, 3.05) is 33.0 Å². The number of rotatable bonds is 6. The molecule has 1 amide bonds. The molecule has 0 bridgehead atoms. The Morgan fingerprint density at radius 2 is 1.68 bits per heavy atom. The van der Waals surface area contributed by atoms with E-state index >= 15 is 0 Å². The number of aryl methyl sites for hydroxylation is 1. The van der Waals surface area contributed by atoms with Crippen molar-refractivity contribution in [2.45, 2.75) is 31.1 Å². The van der Waals surface area contributed by atoms with Gasteiger partial charge in [0.25, 0.3) is 0 Å². The normalized spacial score (nSPS) is 17.7. The number of hydrogen-bond acceptors (Lipinski definition) is 4. The fourth-order valence-corrected chi connectivity index (χ4v) is 3.98. The number of carbonyl (C=O) groups is 1. The third-order valence-electron chi connectivity index (χ3n) is 5.71. The van der Waals surface area contributed by atoms with Gasteiger partial charge in [0.1, 0.15) is 13.2 Å². The second-order valence-corrected chi connectivity index (χ2v) is 7.51. The second kappa shape index (κ2) is 8.65. The summed E-state index contributed by atoms with van der Waals surface area (Å²) >= 11 is 0. The van der Waals surface area contributed by atoms with Crippen molar-refractivity contribution in [2.24, 2.45) is 0 Å². The van der Waals surface area contributed by atoms with Crippen LogP contribution in [0.25, 0.3) is 0 Å². The fraction of sp³-hybridized carbons (Fsp3) is 0.435. The molecule has 0 aliphatic carbocycles. The Bertz CT molecular complexity index is 800. The largest absolute Gasteiger partial charge is 0.486 e. The molecule has 2 aliphatic heterocycles. The highest BCUT2D eigenvalue weighted by Gasteiger charge is 2.34. The third-order valence-corrected chi connectivity index (χ3v) is 5.71. The van der Waals surface area contributed by atoms with Gasteiger partial charge in [-0.25, -0.2) is 0 Å². The Balaban J connectivity index is 1.34. The lowest BCUT2D eigenvalue weighted by atomic mass is 9.74. The Labute approximate surface area is 166 Å². The van der Waals surface area contributed by atoms with Gasteiger partial charge in [0.2, 0.25) is 5.91 Å². The van der Waals surface area contributed by atoms with Gasteiger partial charge in [-0.15, -0.1) is 0 Å². The molecule has 0 spiro atoms. The molecule has 0 saturated carbocycles. The summed E-state index contributed by atoms with van der Waals surface area (Å²) in [5.74, 6) is 1.63. The maximum atomic E-state index is 12.5. The average Bonchev–Trinajstić information content (AvgIpc) is 2.77. The molecule has 1 N–H and O–H groups in total. The third kappa shape index (κ3) is 4.30. The highest BCUT2D eigenvalue weighted by Crippen LogP contribution is 2.34. The number of carbonyl (C=O) groups excluding carboxylic acids is 1. The van der Waals surface area contributed by atoms with Crippen LogP contribution in [0.4, 0.5) is 0 Å². The number of fused-ring (bicyclic) bond motifs is 1. The van der Waals surface area contributed by atoms with Crippen molar-refractivity contribution >= 4 is 5.91 Å². The first-order chi connectivity index (χ1) is 13.8. The molecule has 5 heteroatoms. The molecule has 1 fully saturated rings. The second-order valence-electron chi connectivity index (χ2n) is 7.51. The Morgan fingerprint density at radius 1 is 0.929 bits per heavy atom. The minimum atomic E-state index is -0.0355. The molecule has 4 rings (SSSR count). The van der Waals surface area contributed by atoms with E-state index in [0.717, 1.165) is 43.1 Å². The quantitative estimate of drug-likeness (QED) is 0.835. The van der Waals surface area contributed by atoms with E-state index < -0.39 is 0 Å². The van der Waals surface area contributed by atoms with Crippen LogP contribution in [0, 0.1) is 0 Å². The smallest absolute Gasteiger partial charge is 0.220 e. The highest BCUT2D eigenvalue weighted by atomic mass is 16.6. The van der Waals surface area contributed by atoms with Crippen LogP contribution in [0.15, 0.2) is 48.5 Å². The van der Waals surface area contributed by atoms with E-state index in [-0.39, 0.29) is 11.3 Å². The van der Waals surface area contributed by atoms with Crippen LogP contribution in [-0.4, -0.2) is 38.9 Å². The SMILES string of the molecule is O=C(CCc1ccc2c(c1)OCCO2)NCC1(c2ccccc2)CCOCC1. The van der Waals surface area contributed by atoms with Crippen LogP contribution in [0.3, 0.4) is 0 Å². The molecule has 1 saturated heterocycles. The van der Waals surface area contributed by atoms with Crippen LogP contribution in [0.1, 0.15) is 30.4 Å². The van der Waals surface area contributed by atoms with Gasteiger partial charge in [0, 0.05) is 31.6 Å². The van der Waals surface area contributed by atoms with Gasteiger partial charge >= 0.3 is 0 Å². The molecule has 0 atom stereocenters. The lowest BCUT2D eigenvalue weighted by Gasteiger charge is -2.38. The first kappa shape index (κ1) is 18.8. The summed E-state index contributed by atoms with van der Waals surface area (Å²) in [5.41, 5.74) is 2.33. The van der Waals surface area contributed by atoms with E-state index in [0.29, 0.717) is 32.6 Å². The highest BCUT2D eigenvalue weighted by molar-refractivity contribution is 5.76. The Morgan fingerprint density at radius 3 is 2.46 bits per heavy atom. The zero-order chi connectivity index (χ0) is 19.2. The number of amides is 1. The zero-order valence-corrected chi connectivity index (χ0v) is 16.1. The summed E-state index contributed by atoms with van der Waals surface area (Å²) in [7, 11) is 0. The van der Waals surface area contributed by atoms with Crippen molar-refractivity contribution < 1.29 is 19.0 Å². The molecule has 0 aromatic heterocycles. The van der Waals surface area contributed by atoms with Gasteiger partial charge in [-0.3, -0.25) is 4.79 Å². The molecular weight excluding hydrogens is 354 g/mol. The van der Waals surface area contributed by atoms with Crippen molar-refractivity contribution in [1.29, 1.82) is 0 Å². The van der Waals surface area contributed by atoms with E-state index in [2.05, 4.69) is 29.6 Å². The van der Waals surface area contributed by atoms with Gasteiger partial charge in [0.15, 0.2) is 11.5 Å². The standard InChI is InChI=1S/C23H27NO4/c25-22(9-7-18-6-8-20-21(16-18)28-15-14-27-20)24-17-23(10-12-26-13-11-23)19-4-2-1-3-5-19/h1-6,8,16H,7,9-15,17H2,(H,24,25). The summed E-state index contributed by atoms with van der Waals surface area (Å²) < 4.78 is 16.7. The molecule has 28 heavy (non-hydrogen) atoms. The number of ether oxygens (including phenoxy) is 3. The molecule has 148 valence electrons. The summed E-state index contributed by atoms with van der Waals surface area (Å²) in [6.45, 7) is 3.29. The Hall–Kier alpha value is -2.53. The minimum absolute atomic E-state index is 0.0355. The fourth-order valence-electron chi connectivity index (χ4n) is 3.98. The Kier molecular flexibility index (Phi) is 5.81. The van der Waals surface area contributed by atoms with E-state index in [1.54, 1.807) is 0 Å². The van der Waals surface area contributed by atoms with Gasteiger partial charge in [0.05, 0.1) is 0 Å². The maximum Gasteiger partial charge on any atom is 0.220 e. The summed E-state index contributed by atoms with van der Waals surface area (Å²) in [5, 5.41) is 3.17. The monoisotopic (exact) mass is 381 g/mol. The van der Waals surface area contributed by atoms with Crippen LogP contribution in [0.5, 0.6) is 11.5 Å². The summed E-state index contributed by atoms with van der Waals surface area (Å²) in [6, 6.07) is 16.4. The lowest BCUT2D eigenvalue weighted by molar-refractivity contribution is -0.121. The molecule has 2 heterocycles. The molecular formula is C23H27NO4. The van der Waals surface area contributed by atoms with Crippen molar-refractivity contribution in [3.05, 3.63) is 59.7 Å². The van der Waals surface area contributed by atoms with Crippen molar-refractivity contribution in [3.8, 4) is 11.5 Å². The molecule has 0 unspecified atom stereocenters. The van der Waals surface area contributed by atoms with E-state index in [9.17, 15) is 4.79 Å². The predicted octanol–water partition coefficient (Wildman–Crippen LogP) is 3.26. The first-order valence-corrected chi connectivity index (χ1v) is 10.0. The number of hydrogen-bond donors (Lipinski definition) is 1.